The summed E-state index contributed by atoms with van der Waals surface area (Å²) in [6.45, 7) is 6.30. The summed E-state index contributed by atoms with van der Waals surface area (Å²) in [5.41, 5.74) is 2.84. The van der Waals surface area contributed by atoms with Crippen LogP contribution in [0, 0.1) is 11.3 Å². The fraction of sp³-hybridized carbons (Fsp3) is 0.292. The van der Waals surface area contributed by atoms with E-state index in [0.29, 0.717) is 24.4 Å². The maximum Gasteiger partial charge on any atom is 0.333 e. The lowest BCUT2D eigenvalue weighted by Crippen LogP contribution is -2.06. The third-order valence-corrected chi connectivity index (χ3v) is 4.13. The van der Waals surface area contributed by atoms with E-state index in [0.717, 1.165) is 42.7 Å². The van der Waals surface area contributed by atoms with Crippen LogP contribution in [0.25, 0.3) is 0 Å². The molecular weight excluding hydrogens is 364 g/mol. The number of hydrogen-bond donors (Lipinski definition) is 0. The van der Waals surface area contributed by atoms with Gasteiger partial charge in [-0.25, -0.2) is 4.79 Å². The van der Waals surface area contributed by atoms with Gasteiger partial charge in [-0.1, -0.05) is 6.58 Å². The molecule has 0 N–H and O–H groups in total. The highest BCUT2D eigenvalue weighted by Crippen LogP contribution is 2.15. The van der Waals surface area contributed by atoms with Crippen LogP contribution in [0.4, 0.5) is 5.69 Å². The normalized spacial score (nSPS) is 10.5. The number of nitriles is 1. The van der Waals surface area contributed by atoms with E-state index in [1.165, 1.54) is 0 Å². The van der Waals surface area contributed by atoms with E-state index in [1.807, 2.05) is 36.4 Å². The van der Waals surface area contributed by atoms with Crippen molar-refractivity contribution in [3.63, 3.8) is 0 Å². The Morgan fingerprint density at radius 1 is 1.03 bits per heavy atom. The molecule has 0 aromatic heterocycles. The number of carbonyl (C=O) groups is 1. The van der Waals surface area contributed by atoms with Crippen molar-refractivity contribution in [2.24, 2.45) is 4.99 Å². The van der Waals surface area contributed by atoms with Crippen LogP contribution >= 0.6 is 0 Å². The van der Waals surface area contributed by atoms with Crippen LogP contribution < -0.4 is 4.74 Å². The number of benzene rings is 2. The van der Waals surface area contributed by atoms with E-state index >= 15 is 0 Å². The summed E-state index contributed by atoms with van der Waals surface area (Å²) < 4.78 is 10.8. The van der Waals surface area contributed by atoms with Gasteiger partial charge in [0.25, 0.3) is 0 Å². The third kappa shape index (κ3) is 8.44. The van der Waals surface area contributed by atoms with Crippen LogP contribution in [0.1, 0.15) is 43.7 Å². The largest absolute Gasteiger partial charge is 0.494 e. The monoisotopic (exact) mass is 390 g/mol. The van der Waals surface area contributed by atoms with Crippen LogP contribution in [0.3, 0.4) is 0 Å². The Balaban J connectivity index is 1.62. The van der Waals surface area contributed by atoms with Gasteiger partial charge < -0.3 is 9.47 Å². The molecule has 2 aromatic carbocycles. The highest BCUT2D eigenvalue weighted by atomic mass is 16.5. The highest BCUT2D eigenvalue weighted by molar-refractivity contribution is 5.86. The molecule has 0 bridgehead atoms. The molecule has 5 heteroatoms. The van der Waals surface area contributed by atoms with Crippen molar-refractivity contribution in [2.75, 3.05) is 13.2 Å². The van der Waals surface area contributed by atoms with Crippen molar-refractivity contribution in [1.29, 1.82) is 5.26 Å². The Kier molecular flexibility index (Phi) is 9.17. The summed E-state index contributed by atoms with van der Waals surface area (Å²) >= 11 is 0. The van der Waals surface area contributed by atoms with Crippen LogP contribution in [-0.4, -0.2) is 25.4 Å². The van der Waals surface area contributed by atoms with E-state index in [2.05, 4.69) is 17.6 Å². The van der Waals surface area contributed by atoms with Gasteiger partial charge in [0.05, 0.1) is 30.5 Å². The Morgan fingerprint density at radius 2 is 1.69 bits per heavy atom. The standard InChI is InChI=1S/C24H26N2O3/c1-19(2)24(27)29-16-6-4-3-5-15-28-23-13-9-21(10-14-23)18-26-22-11-7-20(17-25)8-12-22/h7-14,18H,1,3-6,15-16H2,2H3. The molecule has 0 saturated carbocycles. The summed E-state index contributed by atoms with van der Waals surface area (Å²) in [6, 6.07) is 17.0. The lowest BCUT2D eigenvalue weighted by Gasteiger charge is -2.07. The lowest BCUT2D eigenvalue weighted by atomic mass is 10.2. The van der Waals surface area contributed by atoms with Gasteiger partial charge >= 0.3 is 5.97 Å². The average Bonchev–Trinajstić information content (AvgIpc) is 2.75. The maximum absolute atomic E-state index is 11.2. The van der Waals surface area contributed by atoms with Crippen molar-refractivity contribution < 1.29 is 14.3 Å². The lowest BCUT2D eigenvalue weighted by molar-refractivity contribution is -0.139. The van der Waals surface area contributed by atoms with Gasteiger partial charge in [0, 0.05) is 11.8 Å². The molecule has 0 saturated heterocycles. The molecule has 0 aliphatic heterocycles. The molecule has 0 unspecified atom stereocenters. The SMILES string of the molecule is C=C(C)C(=O)OCCCCCCOc1ccc(C=Nc2ccc(C#N)cc2)cc1. The predicted octanol–water partition coefficient (Wildman–Crippen LogP) is 5.37. The van der Waals surface area contributed by atoms with Crippen LogP contribution in [0.5, 0.6) is 5.75 Å². The van der Waals surface area contributed by atoms with Crippen LogP contribution in [-0.2, 0) is 9.53 Å². The molecule has 0 atom stereocenters. The first-order valence-corrected chi connectivity index (χ1v) is 9.68. The van der Waals surface area contributed by atoms with Crippen molar-refractivity contribution >= 4 is 17.9 Å². The summed E-state index contributed by atoms with van der Waals surface area (Å²) in [5.74, 6) is 0.509. The molecule has 5 nitrogen and oxygen atoms in total. The third-order valence-electron chi connectivity index (χ3n) is 4.13. The summed E-state index contributed by atoms with van der Waals surface area (Å²) in [4.78, 5) is 15.6. The zero-order valence-electron chi connectivity index (χ0n) is 16.8. The number of carbonyl (C=O) groups excluding carboxylic acids is 1. The first-order chi connectivity index (χ1) is 14.1. The number of unbranched alkanes of at least 4 members (excludes halogenated alkanes) is 3. The van der Waals surface area contributed by atoms with Gasteiger partial charge in [0.15, 0.2) is 0 Å². The zero-order valence-corrected chi connectivity index (χ0v) is 16.8. The number of ether oxygens (including phenoxy) is 2. The number of nitrogens with zero attached hydrogens (tertiary/aromatic N) is 2. The van der Waals surface area contributed by atoms with Gasteiger partial charge in [-0.15, -0.1) is 0 Å². The minimum absolute atomic E-state index is 0.321. The second-order valence-electron chi connectivity index (χ2n) is 6.66. The van der Waals surface area contributed by atoms with E-state index < -0.39 is 0 Å². The van der Waals surface area contributed by atoms with Crippen LogP contribution in [0.15, 0.2) is 65.7 Å². The van der Waals surface area contributed by atoms with Gasteiger partial charge in [0.2, 0.25) is 0 Å². The minimum atomic E-state index is -0.321. The summed E-state index contributed by atoms with van der Waals surface area (Å²) in [7, 11) is 0. The average molecular weight is 390 g/mol. The Hall–Kier alpha value is -3.39. The Bertz CT molecular complexity index is 862. The number of aliphatic imine (C=N–C) groups is 1. The molecule has 0 spiro atoms. The molecule has 2 aromatic rings. The molecule has 0 fully saturated rings. The van der Waals surface area contributed by atoms with Gasteiger partial charge in [-0.3, -0.25) is 4.99 Å². The summed E-state index contributed by atoms with van der Waals surface area (Å²) in [6.07, 6.45) is 5.62. The second-order valence-corrected chi connectivity index (χ2v) is 6.66. The van der Waals surface area contributed by atoms with Crippen molar-refractivity contribution in [3.8, 4) is 11.8 Å². The molecule has 0 radical (unpaired) electrons. The van der Waals surface area contributed by atoms with E-state index in [9.17, 15) is 4.79 Å². The van der Waals surface area contributed by atoms with Crippen molar-refractivity contribution in [1.82, 2.24) is 0 Å². The number of hydrogen-bond acceptors (Lipinski definition) is 5. The molecule has 2 rings (SSSR count). The number of esters is 1. The first kappa shape index (κ1) is 21.9. The second kappa shape index (κ2) is 12.1. The van der Waals surface area contributed by atoms with Crippen LogP contribution in [0.2, 0.25) is 0 Å². The Labute approximate surface area is 172 Å². The molecule has 0 amide bonds. The van der Waals surface area contributed by atoms with E-state index in [4.69, 9.17) is 14.7 Å². The van der Waals surface area contributed by atoms with E-state index in [1.54, 1.807) is 25.3 Å². The summed E-state index contributed by atoms with van der Waals surface area (Å²) in [5, 5.41) is 8.80. The van der Waals surface area contributed by atoms with Gasteiger partial charge in [0.1, 0.15) is 5.75 Å². The topological polar surface area (TPSA) is 71.7 Å². The van der Waals surface area contributed by atoms with Gasteiger partial charge in [-0.05, 0) is 86.7 Å². The fourth-order valence-corrected chi connectivity index (χ4v) is 2.46. The molecule has 0 aliphatic carbocycles. The zero-order chi connectivity index (χ0) is 20.9. The molecule has 0 aliphatic rings. The molecule has 29 heavy (non-hydrogen) atoms. The first-order valence-electron chi connectivity index (χ1n) is 9.68. The Morgan fingerprint density at radius 3 is 2.31 bits per heavy atom. The molecule has 150 valence electrons. The van der Waals surface area contributed by atoms with Crippen molar-refractivity contribution in [2.45, 2.75) is 32.6 Å². The molecular formula is C24H26N2O3. The van der Waals surface area contributed by atoms with Crippen molar-refractivity contribution in [3.05, 3.63) is 71.8 Å². The fourth-order valence-electron chi connectivity index (χ4n) is 2.46. The molecule has 0 heterocycles. The predicted molar refractivity (Wildman–Crippen MR) is 115 cm³/mol. The maximum atomic E-state index is 11.2. The quantitative estimate of drug-likeness (QED) is 0.224. The smallest absolute Gasteiger partial charge is 0.333 e. The minimum Gasteiger partial charge on any atom is -0.494 e. The van der Waals surface area contributed by atoms with E-state index in [-0.39, 0.29) is 5.97 Å². The van der Waals surface area contributed by atoms with Gasteiger partial charge in [-0.2, -0.15) is 5.26 Å². The highest BCUT2D eigenvalue weighted by Gasteiger charge is 2.02. The number of rotatable bonds is 11.